The number of carbonyl (C=O) groups is 1. The zero-order valence-corrected chi connectivity index (χ0v) is 20.2. The van der Waals surface area contributed by atoms with E-state index in [1.165, 1.54) is 12.8 Å². The molecule has 6 nitrogen and oxygen atoms in total. The molecule has 2 aromatic rings. The average molecular weight is 465 g/mol. The first kappa shape index (κ1) is 23.2. The fourth-order valence-corrected chi connectivity index (χ4v) is 6.33. The molecule has 3 aliphatic rings. The zero-order valence-electron chi connectivity index (χ0n) is 20.2. The van der Waals surface area contributed by atoms with E-state index in [0.29, 0.717) is 31.7 Å². The molecule has 3 unspecified atom stereocenters. The van der Waals surface area contributed by atoms with Gasteiger partial charge in [-0.3, -0.25) is 4.90 Å². The molecule has 2 N–H and O–H groups in total. The second-order valence-electron chi connectivity index (χ2n) is 10.5. The lowest BCUT2D eigenvalue weighted by atomic mass is 9.57. The van der Waals surface area contributed by atoms with Crippen LogP contribution in [-0.4, -0.2) is 63.9 Å². The van der Waals surface area contributed by atoms with Gasteiger partial charge in [0.25, 0.3) is 0 Å². The van der Waals surface area contributed by atoms with Gasteiger partial charge in [-0.1, -0.05) is 24.3 Å². The number of aryl methyl sites for hydroxylation is 1. The minimum Gasteiger partial charge on any atom is -0.508 e. The summed E-state index contributed by atoms with van der Waals surface area (Å²) in [5.41, 5.74) is 0.503. The number of hydrogen-bond donors (Lipinski definition) is 2. The SMILES string of the molecule is Cc1ccc(O)cc1C12CCN(C(=O)Oc3ccccc3)CCC1(O)C(C)N(CC1CC1)CC2. The first-order valence-corrected chi connectivity index (χ1v) is 12.6. The molecular weight excluding hydrogens is 428 g/mol. The summed E-state index contributed by atoms with van der Waals surface area (Å²) in [6.45, 7) is 7.06. The summed E-state index contributed by atoms with van der Waals surface area (Å²) < 4.78 is 5.64. The lowest BCUT2D eigenvalue weighted by Gasteiger charge is -2.57. The highest BCUT2D eigenvalue weighted by molar-refractivity contribution is 5.70. The average Bonchev–Trinajstić information content (AvgIpc) is 3.66. The predicted molar refractivity (Wildman–Crippen MR) is 131 cm³/mol. The summed E-state index contributed by atoms with van der Waals surface area (Å²) >= 11 is 0. The maximum Gasteiger partial charge on any atom is 0.415 e. The number of amides is 1. The molecule has 0 spiro atoms. The number of hydrogen-bond acceptors (Lipinski definition) is 5. The predicted octanol–water partition coefficient (Wildman–Crippen LogP) is 4.47. The molecule has 34 heavy (non-hydrogen) atoms. The number of likely N-dealkylation sites (tertiary alicyclic amines) is 2. The first-order chi connectivity index (χ1) is 16.3. The van der Waals surface area contributed by atoms with Crippen LogP contribution in [0.2, 0.25) is 0 Å². The summed E-state index contributed by atoms with van der Waals surface area (Å²) in [6, 6.07) is 14.6. The Kier molecular flexibility index (Phi) is 6.07. The van der Waals surface area contributed by atoms with Gasteiger partial charge >= 0.3 is 6.09 Å². The van der Waals surface area contributed by atoms with E-state index in [1.807, 2.05) is 30.3 Å². The fourth-order valence-electron chi connectivity index (χ4n) is 6.33. The number of aliphatic hydroxyl groups is 1. The van der Waals surface area contributed by atoms with Gasteiger partial charge in [0, 0.05) is 31.1 Å². The van der Waals surface area contributed by atoms with Crippen LogP contribution in [0.25, 0.3) is 0 Å². The van der Waals surface area contributed by atoms with Gasteiger partial charge in [0.05, 0.1) is 5.60 Å². The second-order valence-corrected chi connectivity index (χ2v) is 10.5. The molecule has 2 saturated heterocycles. The van der Waals surface area contributed by atoms with E-state index in [2.05, 4.69) is 18.7 Å². The number of para-hydroxylation sites is 1. The highest BCUT2D eigenvalue weighted by atomic mass is 16.6. The number of phenolic OH excluding ortho intramolecular Hbond substituents is 1. The van der Waals surface area contributed by atoms with Crippen molar-refractivity contribution >= 4 is 6.09 Å². The van der Waals surface area contributed by atoms with Crippen LogP contribution in [0.3, 0.4) is 0 Å². The quantitative estimate of drug-likeness (QED) is 0.699. The van der Waals surface area contributed by atoms with Crippen LogP contribution in [0.1, 0.15) is 50.2 Å². The van der Waals surface area contributed by atoms with E-state index < -0.39 is 11.0 Å². The van der Waals surface area contributed by atoms with Crippen molar-refractivity contribution in [1.29, 1.82) is 0 Å². The number of piperidine rings is 1. The lowest BCUT2D eigenvalue weighted by molar-refractivity contribution is -0.136. The Bertz CT molecular complexity index is 1040. The van der Waals surface area contributed by atoms with Crippen molar-refractivity contribution in [3.8, 4) is 11.5 Å². The van der Waals surface area contributed by atoms with Crippen molar-refractivity contribution in [3.05, 3.63) is 59.7 Å². The largest absolute Gasteiger partial charge is 0.508 e. The molecule has 0 radical (unpaired) electrons. The van der Waals surface area contributed by atoms with E-state index in [1.54, 1.807) is 23.1 Å². The molecule has 2 aromatic carbocycles. The second kappa shape index (κ2) is 8.90. The number of ether oxygens (including phenoxy) is 1. The van der Waals surface area contributed by atoms with Crippen molar-refractivity contribution < 1.29 is 19.7 Å². The molecule has 3 fully saturated rings. The first-order valence-electron chi connectivity index (χ1n) is 12.6. The van der Waals surface area contributed by atoms with Crippen LogP contribution in [-0.2, 0) is 5.41 Å². The molecule has 0 bridgehead atoms. The smallest absolute Gasteiger partial charge is 0.415 e. The van der Waals surface area contributed by atoms with Gasteiger partial charge in [-0.25, -0.2) is 4.79 Å². The van der Waals surface area contributed by atoms with E-state index in [0.717, 1.165) is 36.6 Å². The van der Waals surface area contributed by atoms with Gasteiger partial charge in [-0.15, -0.1) is 0 Å². The minimum absolute atomic E-state index is 0.0475. The summed E-state index contributed by atoms with van der Waals surface area (Å²) in [5, 5.41) is 22.9. The van der Waals surface area contributed by atoms with Crippen LogP contribution in [0.4, 0.5) is 4.79 Å². The van der Waals surface area contributed by atoms with E-state index in [-0.39, 0.29) is 17.9 Å². The molecule has 6 heteroatoms. The van der Waals surface area contributed by atoms with Crippen LogP contribution in [0, 0.1) is 12.8 Å². The van der Waals surface area contributed by atoms with Crippen LogP contribution >= 0.6 is 0 Å². The molecule has 1 saturated carbocycles. The molecule has 3 atom stereocenters. The van der Waals surface area contributed by atoms with Crippen molar-refractivity contribution in [2.24, 2.45) is 5.92 Å². The summed E-state index contributed by atoms with van der Waals surface area (Å²) in [4.78, 5) is 17.3. The molecule has 0 aromatic heterocycles. The third-order valence-corrected chi connectivity index (χ3v) is 8.60. The third-order valence-electron chi connectivity index (χ3n) is 8.60. The van der Waals surface area contributed by atoms with Gasteiger partial charge in [0.2, 0.25) is 0 Å². The Balaban J connectivity index is 1.48. The molecule has 182 valence electrons. The summed E-state index contributed by atoms with van der Waals surface area (Å²) in [5.74, 6) is 1.48. The normalized spacial score (nSPS) is 29.9. The Morgan fingerprint density at radius 1 is 1.06 bits per heavy atom. The van der Waals surface area contributed by atoms with Gasteiger partial charge in [-0.05, 0) is 93.8 Å². The summed E-state index contributed by atoms with van der Waals surface area (Å²) in [6.07, 6.45) is 4.06. The van der Waals surface area contributed by atoms with Crippen LogP contribution < -0.4 is 4.74 Å². The number of nitrogens with zero attached hydrogens (tertiary/aromatic N) is 2. The molecule has 1 aliphatic carbocycles. The van der Waals surface area contributed by atoms with Crippen LogP contribution in [0.5, 0.6) is 11.5 Å². The third kappa shape index (κ3) is 4.07. The van der Waals surface area contributed by atoms with E-state index in [9.17, 15) is 15.0 Å². The lowest BCUT2D eigenvalue weighted by Crippen LogP contribution is -2.68. The number of fused-ring (bicyclic) bond motifs is 1. The standard InChI is InChI=1S/C28H36N2O4/c1-20-8-11-23(31)18-25(20)27-12-15-29(26(32)34-24-6-4-3-5-7-24)17-14-28(27,33)21(2)30(16-13-27)19-22-9-10-22/h3-8,11,18,21-22,31,33H,9-10,12-17,19H2,1-2H3. The molecule has 2 aliphatic heterocycles. The number of carbonyl (C=O) groups excluding carboxylic acids is 1. The van der Waals surface area contributed by atoms with Crippen molar-refractivity contribution in [2.75, 3.05) is 26.2 Å². The van der Waals surface area contributed by atoms with Crippen molar-refractivity contribution in [1.82, 2.24) is 9.80 Å². The van der Waals surface area contributed by atoms with Crippen molar-refractivity contribution in [3.63, 3.8) is 0 Å². The highest BCUT2D eigenvalue weighted by Crippen LogP contribution is 2.53. The van der Waals surface area contributed by atoms with Gasteiger partial charge < -0.3 is 19.8 Å². The Morgan fingerprint density at radius 3 is 2.50 bits per heavy atom. The van der Waals surface area contributed by atoms with E-state index in [4.69, 9.17) is 4.74 Å². The number of aromatic hydroxyl groups is 1. The molecule has 5 rings (SSSR count). The van der Waals surface area contributed by atoms with Crippen molar-refractivity contribution in [2.45, 2.75) is 63.0 Å². The maximum atomic E-state index is 13.1. The Labute approximate surface area is 202 Å². The van der Waals surface area contributed by atoms with Gasteiger partial charge in [0.15, 0.2) is 0 Å². The fraction of sp³-hybridized carbons (Fsp3) is 0.536. The maximum absolute atomic E-state index is 13.1. The van der Waals surface area contributed by atoms with Gasteiger partial charge in [-0.2, -0.15) is 0 Å². The number of rotatable bonds is 4. The van der Waals surface area contributed by atoms with Crippen LogP contribution in [0.15, 0.2) is 48.5 Å². The molecular formula is C28H36N2O4. The monoisotopic (exact) mass is 464 g/mol. The molecule has 2 heterocycles. The number of benzene rings is 2. The Morgan fingerprint density at radius 2 is 1.76 bits per heavy atom. The Hall–Kier alpha value is -2.57. The topological polar surface area (TPSA) is 73.2 Å². The minimum atomic E-state index is -1.03. The summed E-state index contributed by atoms with van der Waals surface area (Å²) in [7, 11) is 0. The van der Waals surface area contributed by atoms with E-state index >= 15 is 0 Å². The highest BCUT2D eigenvalue weighted by Gasteiger charge is 2.60. The molecule has 1 amide bonds. The van der Waals surface area contributed by atoms with Gasteiger partial charge in [0.1, 0.15) is 11.5 Å². The zero-order chi connectivity index (χ0) is 23.9. The number of phenols is 1.